The molecule has 0 unspecified atom stereocenters. The van der Waals surface area contributed by atoms with Crippen molar-refractivity contribution in [2.75, 3.05) is 0 Å². The minimum atomic E-state index is -1.08. The monoisotopic (exact) mass is 266 g/mol. The molecule has 0 aliphatic heterocycles. The molecular weight excluding hydrogens is 256 g/mol. The SMILES string of the molecule is CCCc1nn(-c2ccncn2)c(Cl)c1C(=O)O. The average molecular weight is 267 g/mol. The Hall–Kier alpha value is -1.95. The average Bonchev–Trinajstić information content (AvgIpc) is 2.68. The third-order valence-corrected chi connectivity index (χ3v) is 2.73. The van der Waals surface area contributed by atoms with Crippen LogP contribution in [-0.4, -0.2) is 30.8 Å². The zero-order valence-corrected chi connectivity index (χ0v) is 10.4. The molecule has 1 N–H and O–H groups in total. The van der Waals surface area contributed by atoms with Gasteiger partial charge in [0.1, 0.15) is 17.0 Å². The number of halogens is 1. The van der Waals surface area contributed by atoms with Crippen molar-refractivity contribution in [1.29, 1.82) is 0 Å². The van der Waals surface area contributed by atoms with E-state index in [-0.39, 0.29) is 10.7 Å². The van der Waals surface area contributed by atoms with E-state index in [1.54, 1.807) is 12.3 Å². The molecule has 0 saturated heterocycles. The quantitative estimate of drug-likeness (QED) is 0.915. The summed E-state index contributed by atoms with van der Waals surface area (Å²) in [5.41, 5.74) is 0.505. The molecule has 0 saturated carbocycles. The molecule has 2 heterocycles. The molecule has 2 rings (SSSR count). The number of hydrogen-bond acceptors (Lipinski definition) is 4. The van der Waals surface area contributed by atoms with E-state index in [2.05, 4.69) is 15.1 Å². The summed E-state index contributed by atoms with van der Waals surface area (Å²) in [7, 11) is 0. The number of rotatable bonds is 4. The summed E-state index contributed by atoms with van der Waals surface area (Å²) in [6.45, 7) is 1.95. The standard InChI is InChI=1S/C11H11ClN4O2/c1-2-3-7-9(11(17)18)10(12)16(15-7)8-4-5-13-6-14-8/h4-6H,2-3H2,1H3,(H,17,18). The Balaban J connectivity index is 2.57. The molecule has 2 aromatic heterocycles. The molecule has 0 spiro atoms. The van der Waals surface area contributed by atoms with Gasteiger partial charge in [-0.05, 0) is 6.42 Å². The topological polar surface area (TPSA) is 80.9 Å². The van der Waals surface area contributed by atoms with Crippen LogP contribution in [0.3, 0.4) is 0 Å². The Bertz CT molecular complexity index is 568. The number of aromatic carboxylic acids is 1. The predicted molar refractivity (Wildman–Crippen MR) is 65.1 cm³/mol. The van der Waals surface area contributed by atoms with E-state index in [1.165, 1.54) is 11.0 Å². The zero-order valence-electron chi connectivity index (χ0n) is 9.67. The van der Waals surface area contributed by atoms with Gasteiger partial charge in [0, 0.05) is 12.3 Å². The number of carboxylic acid groups (broad SMARTS) is 1. The van der Waals surface area contributed by atoms with Crippen LogP contribution >= 0.6 is 11.6 Å². The highest BCUT2D eigenvalue weighted by molar-refractivity contribution is 6.32. The van der Waals surface area contributed by atoms with Crippen LogP contribution in [0, 0.1) is 0 Å². The number of carboxylic acids is 1. The normalized spacial score (nSPS) is 10.6. The third kappa shape index (κ3) is 2.19. The molecule has 2 aromatic rings. The van der Waals surface area contributed by atoms with Gasteiger partial charge in [0.05, 0.1) is 5.69 Å². The van der Waals surface area contributed by atoms with Gasteiger partial charge in [0.25, 0.3) is 0 Å². The minimum absolute atomic E-state index is 0.0390. The Morgan fingerprint density at radius 1 is 1.56 bits per heavy atom. The van der Waals surface area contributed by atoms with E-state index in [0.717, 1.165) is 6.42 Å². The second-order valence-corrected chi connectivity index (χ2v) is 4.01. The maximum atomic E-state index is 11.2. The van der Waals surface area contributed by atoms with E-state index in [1.807, 2.05) is 6.92 Å². The molecule has 0 radical (unpaired) electrons. The lowest BCUT2D eigenvalue weighted by Gasteiger charge is -1.99. The van der Waals surface area contributed by atoms with Gasteiger partial charge in [0.2, 0.25) is 0 Å². The predicted octanol–water partition coefficient (Wildman–Crippen LogP) is 1.97. The number of carbonyl (C=O) groups is 1. The van der Waals surface area contributed by atoms with Gasteiger partial charge in [0.15, 0.2) is 5.82 Å². The van der Waals surface area contributed by atoms with Gasteiger partial charge in [-0.3, -0.25) is 0 Å². The maximum Gasteiger partial charge on any atom is 0.340 e. The van der Waals surface area contributed by atoms with Crippen molar-refractivity contribution in [2.24, 2.45) is 0 Å². The molecule has 94 valence electrons. The van der Waals surface area contributed by atoms with Crippen LogP contribution in [0.4, 0.5) is 0 Å². The summed E-state index contributed by atoms with van der Waals surface area (Å²) in [4.78, 5) is 19.0. The second kappa shape index (κ2) is 5.14. The smallest absolute Gasteiger partial charge is 0.340 e. The summed E-state index contributed by atoms with van der Waals surface area (Å²) < 4.78 is 1.32. The molecule has 0 aliphatic carbocycles. The summed E-state index contributed by atoms with van der Waals surface area (Å²) in [6, 6.07) is 1.61. The molecule has 7 heteroatoms. The molecule has 0 amide bonds. The number of nitrogens with zero attached hydrogens (tertiary/aromatic N) is 4. The van der Waals surface area contributed by atoms with Crippen LogP contribution in [-0.2, 0) is 6.42 Å². The first-order chi connectivity index (χ1) is 8.65. The summed E-state index contributed by atoms with van der Waals surface area (Å²) in [5, 5.41) is 13.4. The van der Waals surface area contributed by atoms with E-state index in [9.17, 15) is 4.79 Å². The van der Waals surface area contributed by atoms with E-state index >= 15 is 0 Å². The van der Waals surface area contributed by atoms with Gasteiger partial charge in [-0.25, -0.2) is 19.4 Å². The molecule has 0 aromatic carbocycles. The lowest BCUT2D eigenvalue weighted by Crippen LogP contribution is -2.01. The van der Waals surface area contributed by atoms with Crippen molar-refractivity contribution in [3.05, 3.63) is 35.0 Å². The van der Waals surface area contributed by atoms with Crippen LogP contribution in [0.15, 0.2) is 18.6 Å². The Morgan fingerprint density at radius 3 is 2.89 bits per heavy atom. The molecule has 0 fully saturated rings. The first-order valence-electron chi connectivity index (χ1n) is 5.42. The molecule has 18 heavy (non-hydrogen) atoms. The van der Waals surface area contributed by atoms with Crippen LogP contribution in [0.1, 0.15) is 29.4 Å². The van der Waals surface area contributed by atoms with E-state index in [4.69, 9.17) is 16.7 Å². The highest BCUT2D eigenvalue weighted by Gasteiger charge is 2.22. The third-order valence-electron chi connectivity index (χ3n) is 2.39. The summed E-state index contributed by atoms with van der Waals surface area (Å²) >= 11 is 6.05. The fourth-order valence-electron chi connectivity index (χ4n) is 1.62. The van der Waals surface area contributed by atoms with E-state index in [0.29, 0.717) is 17.9 Å². The Labute approximate surface area is 108 Å². The van der Waals surface area contributed by atoms with Gasteiger partial charge in [-0.2, -0.15) is 5.10 Å². The highest BCUT2D eigenvalue weighted by atomic mass is 35.5. The number of hydrogen-bond donors (Lipinski definition) is 1. The molecule has 0 atom stereocenters. The van der Waals surface area contributed by atoms with Crippen LogP contribution in [0.5, 0.6) is 0 Å². The molecular formula is C11H11ClN4O2. The number of aryl methyl sites for hydroxylation is 1. The van der Waals surface area contributed by atoms with Crippen LogP contribution in [0.25, 0.3) is 5.82 Å². The fraction of sp³-hybridized carbons (Fsp3) is 0.273. The minimum Gasteiger partial charge on any atom is -0.478 e. The lowest BCUT2D eigenvalue weighted by molar-refractivity contribution is 0.0696. The summed E-state index contributed by atoms with van der Waals surface area (Å²) in [6.07, 6.45) is 4.24. The van der Waals surface area contributed by atoms with Gasteiger partial charge < -0.3 is 5.11 Å². The fourth-order valence-corrected chi connectivity index (χ4v) is 1.94. The van der Waals surface area contributed by atoms with Crippen molar-refractivity contribution < 1.29 is 9.90 Å². The van der Waals surface area contributed by atoms with Crippen molar-refractivity contribution in [2.45, 2.75) is 19.8 Å². The second-order valence-electron chi connectivity index (χ2n) is 3.65. The van der Waals surface area contributed by atoms with Crippen molar-refractivity contribution in [3.63, 3.8) is 0 Å². The first-order valence-corrected chi connectivity index (χ1v) is 5.80. The van der Waals surface area contributed by atoms with Crippen LogP contribution < -0.4 is 0 Å². The van der Waals surface area contributed by atoms with Gasteiger partial charge in [-0.15, -0.1) is 0 Å². The number of aromatic nitrogens is 4. The molecule has 0 bridgehead atoms. The van der Waals surface area contributed by atoms with Gasteiger partial charge >= 0.3 is 5.97 Å². The molecule has 6 nitrogen and oxygen atoms in total. The summed E-state index contributed by atoms with van der Waals surface area (Å²) in [5.74, 6) is -0.636. The Morgan fingerprint density at radius 2 is 2.33 bits per heavy atom. The van der Waals surface area contributed by atoms with Crippen molar-refractivity contribution >= 4 is 17.6 Å². The highest BCUT2D eigenvalue weighted by Crippen LogP contribution is 2.23. The maximum absolute atomic E-state index is 11.2. The van der Waals surface area contributed by atoms with Gasteiger partial charge in [-0.1, -0.05) is 24.9 Å². The Kier molecular flexibility index (Phi) is 3.57. The zero-order chi connectivity index (χ0) is 13.1. The van der Waals surface area contributed by atoms with Crippen LogP contribution in [0.2, 0.25) is 5.15 Å². The van der Waals surface area contributed by atoms with E-state index < -0.39 is 5.97 Å². The molecule has 0 aliphatic rings. The lowest BCUT2D eigenvalue weighted by atomic mass is 10.2. The van der Waals surface area contributed by atoms with Crippen molar-refractivity contribution in [3.8, 4) is 5.82 Å². The van der Waals surface area contributed by atoms with Crippen molar-refractivity contribution in [1.82, 2.24) is 19.7 Å². The largest absolute Gasteiger partial charge is 0.478 e. The first kappa shape index (κ1) is 12.5.